The van der Waals surface area contributed by atoms with Crippen LogP contribution in [0.5, 0.6) is 0 Å². The molecule has 88 valence electrons. The van der Waals surface area contributed by atoms with Gasteiger partial charge in [-0.3, -0.25) is 16.3 Å². The van der Waals surface area contributed by atoms with Crippen LogP contribution in [0.3, 0.4) is 0 Å². The minimum atomic E-state index is 0.169. The van der Waals surface area contributed by atoms with E-state index in [1.165, 1.54) is 5.56 Å². The molecule has 4 heteroatoms. The van der Waals surface area contributed by atoms with Gasteiger partial charge in [0.25, 0.3) is 0 Å². The molecule has 2 heterocycles. The Morgan fingerprint density at radius 2 is 2.12 bits per heavy atom. The van der Waals surface area contributed by atoms with Crippen molar-refractivity contribution in [2.24, 2.45) is 11.8 Å². The van der Waals surface area contributed by atoms with Gasteiger partial charge in [-0.25, -0.2) is 0 Å². The standard InChI is InChI=1S/C12H19N3O/c1-8-5-11(6-9(2)14-8)12(15-13)10-3-4-16-7-10/h5-6,10,12,15H,3-4,7,13H2,1-2H3. The summed E-state index contributed by atoms with van der Waals surface area (Å²) in [6.45, 7) is 5.64. The van der Waals surface area contributed by atoms with Gasteiger partial charge in [-0.05, 0) is 38.0 Å². The van der Waals surface area contributed by atoms with Crippen molar-refractivity contribution in [1.82, 2.24) is 10.4 Å². The second-order valence-corrected chi connectivity index (χ2v) is 4.45. The van der Waals surface area contributed by atoms with Gasteiger partial charge in [-0.2, -0.15) is 0 Å². The molecule has 2 unspecified atom stereocenters. The molecule has 3 N–H and O–H groups in total. The fraction of sp³-hybridized carbons (Fsp3) is 0.583. The molecule has 4 nitrogen and oxygen atoms in total. The predicted molar refractivity (Wildman–Crippen MR) is 62.7 cm³/mol. The average Bonchev–Trinajstić information content (AvgIpc) is 2.70. The van der Waals surface area contributed by atoms with Crippen LogP contribution in [0, 0.1) is 19.8 Å². The van der Waals surface area contributed by atoms with Crippen LogP contribution in [0.1, 0.15) is 29.4 Å². The van der Waals surface area contributed by atoms with E-state index in [2.05, 4.69) is 22.5 Å². The number of nitrogens with two attached hydrogens (primary N) is 1. The van der Waals surface area contributed by atoms with Crippen molar-refractivity contribution in [1.29, 1.82) is 0 Å². The fourth-order valence-corrected chi connectivity index (χ4v) is 2.37. The highest BCUT2D eigenvalue weighted by atomic mass is 16.5. The molecule has 0 radical (unpaired) electrons. The molecule has 2 rings (SSSR count). The molecule has 1 aromatic heterocycles. The van der Waals surface area contributed by atoms with E-state index < -0.39 is 0 Å². The predicted octanol–water partition coefficient (Wildman–Crippen LogP) is 1.24. The Hall–Kier alpha value is -0.970. The number of pyridine rings is 1. The Morgan fingerprint density at radius 3 is 2.62 bits per heavy atom. The van der Waals surface area contributed by atoms with Crippen LogP contribution in [-0.4, -0.2) is 18.2 Å². The number of rotatable bonds is 3. The molecule has 1 aliphatic rings. The van der Waals surface area contributed by atoms with Crippen molar-refractivity contribution in [2.45, 2.75) is 26.3 Å². The molecule has 1 aromatic rings. The summed E-state index contributed by atoms with van der Waals surface area (Å²) in [5.74, 6) is 6.12. The average molecular weight is 221 g/mol. The van der Waals surface area contributed by atoms with Gasteiger partial charge in [0.2, 0.25) is 0 Å². The number of hydrogen-bond acceptors (Lipinski definition) is 4. The van der Waals surface area contributed by atoms with E-state index in [0.29, 0.717) is 5.92 Å². The minimum Gasteiger partial charge on any atom is -0.381 e. The molecule has 1 saturated heterocycles. The molecule has 2 atom stereocenters. The maximum atomic E-state index is 5.66. The number of hydrogen-bond donors (Lipinski definition) is 2. The van der Waals surface area contributed by atoms with E-state index in [0.717, 1.165) is 31.0 Å². The molecule has 0 aliphatic carbocycles. The van der Waals surface area contributed by atoms with Gasteiger partial charge in [0.1, 0.15) is 0 Å². The molecule has 0 aromatic carbocycles. The summed E-state index contributed by atoms with van der Waals surface area (Å²) in [5, 5.41) is 0. The molecule has 0 saturated carbocycles. The summed E-state index contributed by atoms with van der Waals surface area (Å²) in [6.07, 6.45) is 1.06. The summed E-state index contributed by atoms with van der Waals surface area (Å²) < 4.78 is 5.41. The number of aromatic nitrogens is 1. The molecule has 0 bridgehead atoms. The summed E-state index contributed by atoms with van der Waals surface area (Å²) in [7, 11) is 0. The molecule has 16 heavy (non-hydrogen) atoms. The molecule has 1 aliphatic heterocycles. The first-order chi connectivity index (χ1) is 7.70. The van der Waals surface area contributed by atoms with E-state index >= 15 is 0 Å². The van der Waals surface area contributed by atoms with Crippen molar-refractivity contribution < 1.29 is 4.74 Å². The first-order valence-electron chi connectivity index (χ1n) is 5.70. The van der Waals surface area contributed by atoms with Gasteiger partial charge >= 0.3 is 0 Å². The Labute approximate surface area is 96.2 Å². The number of aryl methyl sites for hydroxylation is 2. The zero-order valence-corrected chi connectivity index (χ0v) is 9.86. The molecular weight excluding hydrogens is 202 g/mol. The molecular formula is C12H19N3O. The quantitative estimate of drug-likeness (QED) is 0.595. The van der Waals surface area contributed by atoms with Crippen molar-refractivity contribution in [3.63, 3.8) is 0 Å². The van der Waals surface area contributed by atoms with Gasteiger partial charge < -0.3 is 4.74 Å². The number of ether oxygens (including phenoxy) is 1. The number of nitrogens with zero attached hydrogens (tertiary/aromatic N) is 1. The third-order valence-corrected chi connectivity index (χ3v) is 3.08. The highest BCUT2D eigenvalue weighted by molar-refractivity contribution is 5.24. The van der Waals surface area contributed by atoms with Crippen molar-refractivity contribution in [2.75, 3.05) is 13.2 Å². The van der Waals surface area contributed by atoms with Crippen LogP contribution in [0.25, 0.3) is 0 Å². The van der Waals surface area contributed by atoms with Crippen LogP contribution < -0.4 is 11.3 Å². The van der Waals surface area contributed by atoms with Crippen LogP contribution >= 0.6 is 0 Å². The molecule has 1 fully saturated rings. The van der Waals surface area contributed by atoms with E-state index in [-0.39, 0.29) is 6.04 Å². The SMILES string of the molecule is Cc1cc(C(NN)C2CCOC2)cc(C)n1. The van der Waals surface area contributed by atoms with Gasteiger partial charge in [-0.15, -0.1) is 0 Å². The van der Waals surface area contributed by atoms with Crippen LogP contribution in [0.4, 0.5) is 0 Å². The van der Waals surface area contributed by atoms with Crippen molar-refractivity contribution in [3.8, 4) is 0 Å². The largest absolute Gasteiger partial charge is 0.381 e. The second-order valence-electron chi connectivity index (χ2n) is 4.45. The summed E-state index contributed by atoms with van der Waals surface area (Å²) in [4.78, 5) is 4.38. The zero-order valence-electron chi connectivity index (χ0n) is 9.86. The van der Waals surface area contributed by atoms with E-state index in [1.807, 2.05) is 13.8 Å². The first kappa shape index (κ1) is 11.5. The first-order valence-corrected chi connectivity index (χ1v) is 5.70. The van der Waals surface area contributed by atoms with Gasteiger partial charge in [-0.1, -0.05) is 0 Å². The summed E-state index contributed by atoms with van der Waals surface area (Å²) in [6, 6.07) is 4.36. The van der Waals surface area contributed by atoms with Crippen LogP contribution in [0.15, 0.2) is 12.1 Å². The molecule has 0 spiro atoms. The zero-order chi connectivity index (χ0) is 11.5. The Morgan fingerprint density at radius 1 is 1.44 bits per heavy atom. The van der Waals surface area contributed by atoms with Gasteiger partial charge in [0.15, 0.2) is 0 Å². The van der Waals surface area contributed by atoms with E-state index in [4.69, 9.17) is 10.6 Å². The minimum absolute atomic E-state index is 0.169. The van der Waals surface area contributed by atoms with Crippen LogP contribution in [-0.2, 0) is 4.74 Å². The lowest BCUT2D eigenvalue weighted by Crippen LogP contribution is -2.34. The highest BCUT2D eigenvalue weighted by Crippen LogP contribution is 2.28. The lowest BCUT2D eigenvalue weighted by atomic mass is 9.92. The van der Waals surface area contributed by atoms with E-state index in [1.54, 1.807) is 0 Å². The third kappa shape index (κ3) is 2.40. The van der Waals surface area contributed by atoms with Gasteiger partial charge in [0, 0.05) is 23.9 Å². The Kier molecular flexibility index (Phi) is 3.53. The smallest absolute Gasteiger partial charge is 0.0513 e. The topological polar surface area (TPSA) is 60.2 Å². The normalized spacial score (nSPS) is 22.3. The van der Waals surface area contributed by atoms with Gasteiger partial charge in [0.05, 0.1) is 12.6 Å². The Balaban J connectivity index is 2.24. The third-order valence-electron chi connectivity index (χ3n) is 3.08. The highest BCUT2D eigenvalue weighted by Gasteiger charge is 2.26. The van der Waals surface area contributed by atoms with E-state index in [9.17, 15) is 0 Å². The summed E-state index contributed by atoms with van der Waals surface area (Å²) >= 11 is 0. The summed E-state index contributed by atoms with van der Waals surface area (Å²) in [5.41, 5.74) is 6.19. The fourth-order valence-electron chi connectivity index (χ4n) is 2.37. The maximum Gasteiger partial charge on any atom is 0.0513 e. The lowest BCUT2D eigenvalue weighted by molar-refractivity contribution is 0.177. The maximum absolute atomic E-state index is 5.66. The second kappa shape index (κ2) is 4.91. The molecule has 0 amide bonds. The number of hydrazine groups is 1. The van der Waals surface area contributed by atoms with Crippen molar-refractivity contribution in [3.05, 3.63) is 29.1 Å². The Bertz CT molecular complexity index is 341. The monoisotopic (exact) mass is 221 g/mol. The van der Waals surface area contributed by atoms with Crippen LogP contribution in [0.2, 0.25) is 0 Å². The van der Waals surface area contributed by atoms with Crippen molar-refractivity contribution >= 4 is 0 Å². The lowest BCUT2D eigenvalue weighted by Gasteiger charge is -2.22. The number of nitrogens with one attached hydrogen (secondary N) is 1.